The van der Waals surface area contributed by atoms with Crippen LogP contribution >= 0.6 is 0 Å². The molecule has 2 aromatic carbocycles. The van der Waals surface area contributed by atoms with Crippen LogP contribution < -0.4 is 0 Å². The average Bonchev–Trinajstić information content (AvgIpc) is 3.05. The highest BCUT2D eigenvalue weighted by Gasteiger charge is 2.44. The molecule has 2 saturated heterocycles. The van der Waals surface area contributed by atoms with Gasteiger partial charge in [-0.2, -0.15) is 0 Å². The quantitative estimate of drug-likeness (QED) is 0.613. The van der Waals surface area contributed by atoms with E-state index in [0.29, 0.717) is 19.1 Å². The summed E-state index contributed by atoms with van der Waals surface area (Å²) in [4.78, 5) is 23.3. The molecule has 0 spiro atoms. The minimum atomic E-state index is -0.475. The van der Waals surface area contributed by atoms with Crippen molar-refractivity contribution >= 4 is 16.8 Å². The molecule has 2 fully saturated rings. The zero-order valence-corrected chi connectivity index (χ0v) is 19.5. The third kappa shape index (κ3) is 4.66. The largest absolute Gasteiger partial charge is 0.381 e. The van der Waals surface area contributed by atoms with Gasteiger partial charge in [-0.15, -0.1) is 0 Å². The fraction of sp³-hybridized carbons (Fsp3) is 0.429. The molecule has 172 valence electrons. The molecule has 0 aliphatic carbocycles. The fourth-order valence-corrected chi connectivity index (χ4v) is 5.57. The van der Waals surface area contributed by atoms with Crippen LogP contribution in [0.3, 0.4) is 0 Å². The Bertz CT molecular complexity index is 1090. The maximum absolute atomic E-state index is 14.1. The molecule has 5 nitrogen and oxygen atoms in total. The number of rotatable bonds is 4. The first-order chi connectivity index (χ1) is 16.1. The number of nitrogens with zero attached hydrogens (tertiary/aromatic N) is 3. The standard InChI is InChI=1S/C28H33N3O2/c1-30-13-14-31(27(32)28(11-15-33-16-12-28)25-8-3-2-4-9-25)21-23(20-30)17-22-18-24-7-5-6-10-26(24)29-19-22/h2-10,18-19,23H,11-17,20-21H2,1H3. The van der Waals surface area contributed by atoms with Crippen molar-refractivity contribution in [1.29, 1.82) is 0 Å². The third-order valence-electron chi connectivity index (χ3n) is 7.34. The van der Waals surface area contributed by atoms with E-state index in [9.17, 15) is 4.79 Å². The van der Waals surface area contributed by atoms with Crippen molar-refractivity contribution in [1.82, 2.24) is 14.8 Å². The number of ether oxygens (including phenoxy) is 1. The SMILES string of the molecule is CN1CCN(C(=O)C2(c3ccccc3)CCOCC2)CC(Cc2cnc3ccccc3c2)C1. The third-order valence-corrected chi connectivity index (χ3v) is 7.34. The molecule has 0 N–H and O–H groups in total. The highest BCUT2D eigenvalue weighted by atomic mass is 16.5. The minimum Gasteiger partial charge on any atom is -0.381 e. The van der Waals surface area contributed by atoms with E-state index < -0.39 is 5.41 Å². The first-order valence-electron chi connectivity index (χ1n) is 12.1. The molecule has 0 bridgehead atoms. The summed E-state index contributed by atoms with van der Waals surface area (Å²) in [5.41, 5.74) is 2.93. The van der Waals surface area contributed by atoms with Crippen molar-refractivity contribution in [3.63, 3.8) is 0 Å². The van der Waals surface area contributed by atoms with Crippen LogP contribution in [-0.4, -0.2) is 67.1 Å². The summed E-state index contributed by atoms with van der Waals surface area (Å²) in [6.45, 7) is 4.72. The number of pyridine rings is 1. The molecule has 3 aromatic rings. The molecule has 2 aliphatic rings. The van der Waals surface area contributed by atoms with Gasteiger partial charge in [0.1, 0.15) is 0 Å². The van der Waals surface area contributed by atoms with Crippen molar-refractivity contribution in [2.24, 2.45) is 5.92 Å². The molecule has 3 heterocycles. The van der Waals surface area contributed by atoms with Crippen molar-refractivity contribution in [3.05, 3.63) is 78.0 Å². The zero-order chi connectivity index (χ0) is 22.7. The van der Waals surface area contributed by atoms with Crippen LogP contribution in [-0.2, 0) is 21.4 Å². The van der Waals surface area contributed by atoms with Crippen molar-refractivity contribution in [3.8, 4) is 0 Å². The number of carbonyl (C=O) groups is 1. The molecule has 1 atom stereocenters. The van der Waals surface area contributed by atoms with E-state index >= 15 is 0 Å². The van der Waals surface area contributed by atoms with E-state index in [1.165, 1.54) is 10.9 Å². The summed E-state index contributed by atoms with van der Waals surface area (Å²) in [6.07, 6.45) is 4.43. The summed E-state index contributed by atoms with van der Waals surface area (Å²) in [5, 5.41) is 1.18. The number of fused-ring (bicyclic) bond motifs is 1. The summed E-state index contributed by atoms with van der Waals surface area (Å²) in [6, 6.07) is 20.9. The number of para-hydroxylation sites is 1. The number of likely N-dealkylation sites (N-methyl/N-ethyl adjacent to an activating group) is 1. The summed E-state index contributed by atoms with van der Waals surface area (Å²) in [7, 11) is 2.17. The second-order valence-electron chi connectivity index (χ2n) is 9.68. The molecule has 33 heavy (non-hydrogen) atoms. The van der Waals surface area contributed by atoms with Crippen molar-refractivity contribution in [2.45, 2.75) is 24.7 Å². The molecule has 0 radical (unpaired) electrons. The fourth-order valence-electron chi connectivity index (χ4n) is 5.57. The molecule has 2 aliphatic heterocycles. The van der Waals surface area contributed by atoms with Gasteiger partial charge in [-0.05, 0) is 55.5 Å². The van der Waals surface area contributed by atoms with Crippen LogP contribution in [0.25, 0.3) is 10.9 Å². The average molecular weight is 444 g/mol. The van der Waals surface area contributed by atoms with Gasteiger partial charge in [0, 0.05) is 51.0 Å². The lowest BCUT2D eigenvalue weighted by atomic mass is 9.73. The number of aromatic nitrogens is 1. The van der Waals surface area contributed by atoms with Crippen molar-refractivity contribution < 1.29 is 9.53 Å². The summed E-state index contributed by atoms with van der Waals surface area (Å²) >= 11 is 0. The highest BCUT2D eigenvalue weighted by molar-refractivity contribution is 5.88. The Kier molecular flexibility index (Phi) is 6.43. The van der Waals surface area contributed by atoms with E-state index in [4.69, 9.17) is 4.74 Å². The number of hydrogen-bond acceptors (Lipinski definition) is 4. The Morgan fingerprint density at radius 3 is 2.61 bits per heavy atom. The van der Waals surface area contributed by atoms with Crippen LogP contribution in [0.1, 0.15) is 24.0 Å². The van der Waals surface area contributed by atoms with Crippen LogP contribution in [0, 0.1) is 5.92 Å². The molecule has 1 unspecified atom stereocenters. The first kappa shape index (κ1) is 22.1. The van der Waals surface area contributed by atoms with Gasteiger partial charge in [0.2, 0.25) is 5.91 Å². The Balaban J connectivity index is 1.39. The van der Waals surface area contributed by atoms with Crippen LogP contribution in [0.15, 0.2) is 66.9 Å². The summed E-state index contributed by atoms with van der Waals surface area (Å²) in [5.74, 6) is 0.644. The molecule has 0 saturated carbocycles. The predicted octanol–water partition coefficient (Wildman–Crippen LogP) is 3.92. The first-order valence-corrected chi connectivity index (χ1v) is 12.1. The molecular weight excluding hydrogens is 410 g/mol. The molecular formula is C28H33N3O2. The van der Waals surface area contributed by atoms with E-state index in [0.717, 1.165) is 56.5 Å². The van der Waals surface area contributed by atoms with Crippen LogP contribution in [0.4, 0.5) is 0 Å². The lowest BCUT2D eigenvalue weighted by Gasteiger charge is -2.40. The zero-order valence-electron chi connectivity index (χ0n) is 19.5. The van der Waals surface area contributed by atoms with Gasteiger partial charge >= 0.3 is 0 Å². The van der Waals surface area contributed by atoms with Gasteiger partial charge in [0.15, 0.2) is 0 Å². The topological polar surface area (TPSA) is 45.7 Å². The Morgan fingerprint density at radius 1 is 1.03 bits per heavy atom. The van der Waals surface area contributed by atoms with E-state index in [1.807, 2.05) is 30.5 Å². The van der Waals surface area contributed by atoms with Gasteiger partial charge in [0.05, 0.1) is 10.9 Å². The minimum absolute atomic E-state index is 0.272. The Labute approximate surface area is 196 Å². The predicted molar refractivity (Wildman–Crippen MR) is 131 cm³/mol. The Morgan fingerprint density at radius 2 is 1.79 bits per heavy atom. The molecule has 1 aromatic heterocycles. The van der Waals surface area contributed by atoms with Gasteiger partial charge in [-0.25, -0.2) is 0 Å². The molecule has 1 amide bonds. The highest BCUT2D eigenvalue weighted by Crippen LogP contribution is 2.37. The van der Waals surface area contributed by atoms with E-state index in [1.54, 1.807) is 0 Å². The number of hydrogen-bond donors (Lipinski definition) is 0. The van der Waals surface area contributed by atoms with Crippen molar-refractivity contribution in [2.75, 3.05) is 46.4 Å². The lowest BCUT2D eigenvalue weighted by molar-refractivity contribution is -0.141. The van der Waals surface area contributed by atoms with Gasteiger partial charge in [0.25, 0.3) is 0 Å². The number of carbonyl (C=O) groups excluding carboxylic acids is 1. The van der Waals surface area contributed by atoms with Crippen LogP contribution in [0.5, 0.6) is 0 Å². The Hall–Kier alpha value is -2.76. The molecule has 5 rings (SSSR count). The monoisotopic (exact) mass is 443 g/mol. The maximum atomic E-state index is 14.1. The van der Waals surface area contributed by atoms with Gasteiger partial charge < -0.3 is 14.5 Å². The maximum Gasteiger partial charge on any atom is 0.233 e. The van der Waals surface area contributed by atoms with E-state index in [-0.39, 0.29) is 5.91 Å². The summed E-state index contributed by atoms with van der Waals surface area (Å²) < 4.78 is 5.67. The lowest BCUT2D eigenvalue weighted by Crippen LogP contribution is -2.51. The number of amides is 1. The number of benzene rings is 2. The normalized spacial score (nSPS) is 21.6. The second kappa shape index (κ2) is 9.62. The smallest absolute Gasteiger partial charge is 0.233 e. The second-order valence-corrected chi connectivity index (χ2v) is 9.68. The van der Waals surface area contributed by atoms with Crippen LogP contribution in [0.2, 0.25) is 0 Å². The van der Waals surface area contributed by atoms with Gasteiger partial charge in [-0.3, -0.25) is 9.78 Å². The van der Waals surface area contributed by atoms with E-state index in [2.05, 4.69) is 58.2 Å². The van der Waals surface area contributed by atoms with Gasteiger partial charge in [-0.1, -0.05) is 48.5 Å². The molecule has 5 heteroatoms.